The number of nitrogens with zero attached hydrogens (tertiary/aromatic N) is 3. The molecule has 3 atom stereocenters. The third-order valence-corrected chi connectivity index (χ3v) is 2.90. The number of hydrogen-bond acceptors (Lipinski definition) is 3. The highest BCUT2D eigenvalue weighted by molar-refractivity contribution is 5.06. The van der Waals surface area contributed by atoms with Crippen molar-refractivity contribution >= 4 is 0 Å². The van der Waals surface area contributed by atoms with Crippen molar-refractivity contribution in [1.29, 1.82) is 0 Å². The Balaban J connectivity index is 4.89. The molecule has 20 heavy (non-hydrogen) atoms. The summed E-state index contributed by atoms with van der Waals surface area (Å²) in [5.41, 5.74) is 9.36. The second kappa shape index (κ2) is 10.5. The predicted octanol–water partition coefficient (Wildman–Crippen LogP) is 4.12. The molecular weight excluding hydrogens is 254 g/mol. The Kier molecular flexibility index (Phi) is 9.82. The van der Waals surface area contributed by atoms with E-state index in [9.17, 15) is 0 Å². The molecule has 0 bridgehead atoms. The lowest BCUT2D eigenvalue weighted by molar-refractivity contribution is -0.0606. The molecule has 0 aliphatic rings. The molecule has 0 spiro atoms. The summed E-state index contributed by atoms with van der Waals surface area (Å²) in [5.74, 6) is 0.603. The second-order valence-electron chi connectivity index (χ2n) is 5.39. The molecule has 0 unspecified atom stereocenters. The fourth-order valence-electron chi connectivity index (χ4n) is 1.95. The lowest BCUT2D eigenvalue weighted by Crippen LogP contribution is -2.35. The van der Waals surface area contributed by atoms with Gasteiger partial charge >= 0.3 is 0 Å². The summed E-state index contributed by atoms with van der Waals surface area (Å²) in [6, 6.07) is 0. The van der Waals surface area contributed by atoms with Crippen LogP contribution in [0.15, 0.2) is 29.4 Å². The average molecular weight is 281 g/mol. The molecule has 0 aromatic heterocycles. The Morgan fingerprint density at radius 2 is 2.05 bits per heavy atom. The third-order valence-electron chi connectivity index (χ3n) is 2.90. The van der Waals surface area contributed by atoms with Crippen molar-refractivity contribution in [2.45, 2.75) is 39.9 Å². The van der Waals surface area contributed by atoms with Crippen molar-refractivity contribution in [3.8, 4) is 0 Å². The second-order valence-corrected chi connectivity index (χ2v) is 5.39. The number of methoxy groups -OCH3 is 1. The first kappa shape index (κ1) is 18.7. The first-order valence-electron chi connectivity index (χ1n) is 6.91. The minimum absolute atomic E-state index is 0.0964. The van der Waals surface area contributed by atoms with Crippen LogP contribution in [-0.4, -0.2) is 32.5 Å². The summed E-state index contributed by atoms with van der Waals surface area (Å²) < 4.78 is 11.4. The van der Waals surface area contributed by atoms with E-state index in [4.69, 9.17) is 15.0 Å². The van der Waals surface area contributed by atoms with Crippen LogP contribution >= 0.6 is 0 Å². The molecule has 5 nitrogen and oxygen atoms in total. The molecule has 0 saturated carbocycles. The number of hydrogen-bond donors (Lipinski definition) is 0. The zero-order valence-electron chi connectivity index (χ0n) is 13.2. The van der Waals surface area contributed by atoms with Crippen LogP contribution in [-0.2, 0) is 9.47 Å². The van der Waals surface area contributed by atoms with E-state index >= 15 is 0 Å². The zero-order valence-corrected chi connectivity index (χ0v) is 13.2. The van der Waals surface area contributed by atoms with Crippen molar-refractivity contribution in [3.05, 3.63) is 34.7 Å². The Hall–Kier alpha value is -1.29. The largest absolute Gasteiger partial charge is 0.375 e. The van der Waals surface area contributed by atoms with E-state index in [1.54, 1.807) is 13.2 Å². The number of rotatable bonds is 10. The Labute approximate surface area is 122 Å². The Morgan fingerprint density at radius 3 is 2.50 bits per heavy atom. The molecule has 0 radical (unpaired) electrons. The molecule has 0 aliphatic heterocycles. The summed E-state index contributed by atoms with van der Waals surface area (Å²) in [6.45, 7) is 13.1. The molecule has 0 saturated heterocycles. The Morgan fingerprint density at radius 1 is 1.40 bits per heavy atom. The van der Waals surface area contributed by atoms with Crippen molar-refractivity contribution < 1.29 is 9.47 Å². The van der Waals surface area contributed by atoms with Gasteiger partial charge in [0.05, 0.1) is 6.10 Å². The van der Waals surface area contributed by atoms with Crippen molar-refractivity contribution in [2.24, 2.45) is 17.0 Å². The molecule has 0 amide bonds. The SMILES string of the molecule is C=C[C@@H](OC)[C@@H](OCC(C)C)[C@@H](C)/C=C(/C)CN=[N+]=[N-]. The maximum Gasteiger partial charge on any atom is 0.102 e. The molecule has 0 heterocycles. The number of ether oxygens (including phenoxy) is 2. The van der Waals surface area contributed by atoms with Crippen LogP contribution in [0.1, 0.15) is 27.7 Å². The van der Waals surface area contributed by atoms with Crippen molar-refractivity contribution in [3.63, 3.8) is 0 Å². The summed E-state index contributed by atoms with van der Waals surface area (Å²) >= 11 is 0. The lowest BCUT2D eigenvalue weighted by atomic mass is 9.96. The van der Waals surface area contributed by atoms with E-state index < -0.39 is 0 Å². The van der Waals surface area contributed by atoms with E-state index in [0.717, 1.165) is 5.57 Å². The first-order valence-corrected chi connectivity index (χ1v) is 6.91. The summed E-state index contributed by atoms with van der Waals surface area (Å²) in [4.78, 5) is 2.77. The Bertz CT molecular complexity index is 360. The summed E-state index contributed by atoms with van der Waals surface area (Å²) in [5, 5.41) is 3.56. The maximum absolute atomic E-state index is 8.34. The van der Waals surface area contributed by atoms with Crippen LogP contribution in [0, 0.1) is 11.8 Å². The van der Waals surface area contributed by atoms with Crippen LogP contribution < -0.4 is 0 Å². The van der Waals surface area contributed by atoms with Gasteiger partial charge in [0.15, 0.2) is 0 Å². The minimum Gasteiger partial charge on any atom is -0.375 e. The predicted molar refractivity (Wildman–Crippen MR) is 82.5 cm³/mol. The molecule has 0 aromatic carbocycles. The highest BCUT2D eigenvalue weighted by Gasteiger charge is 2.24. The molecule has 5 heteroatoms. The van der Waals surface area contributed by atoms with Crippen LogP contribution in [0.4, 0.5) is 0 Å². The normalized spacial score (nSPS) is 16.4. The number of azide groups is 1. The van der Waals surface area contributed by atoms with Gasteiger partial charge in [0.1, 0.15) is 6.10 Å². The quantitative estimate of drug-likeness (QED) is 0.261. The highest BCUT2D eigenvalue weighted by atomic mass is 16.5. The monoisotopic (exact) mass is 281 g/mol. The summed E-state index contributed by atoms with van der Waals surface area (Å²) in [6.07, 6.45) is 3.57. The molecule has 0 aromatic rings. The molecule has 0 fully saturated rings. The third kappa shape index (κ3) is 7.34. The smallest absolute Gasteiger partial charge is 0.102 e. The molecule has 0 N–H and O–H groups in total. The van der Waals surface area contributed by atoms with E-state index in [2.05, 4.69) is 43.5 Å². The highest BCUT2D eigenvalue weighted by Crippen LogP contribution is 2.19. The van der Waals surface area contributed by atoms with Gasteiger partial charge in [0, 0.05) is 31.1 Å². The van der Waals surface area contributed by atoms with Gasteiger partial charge in [-0.3, -0.25) is 0 Å². The van der Waals surface area contributed by atoms with Gasteiger partial charge in [0.25, 0.3) is 0 Å². The maximum atomic E-state index is 8.34. The van der Waals surface area contributed by atoms with E-state index in [0.29, 0.717) is 19.1 Å². The van der Waals surface area contributed by atoms with Gasteiger partial charge in [-0.15, -0.1) is 6.58 Å². The fraction of sp³-hybridized carbons (Fsp3) is 0.733. The summed E-state index contributed by atoms with van der Waals surface area (Å²) in [7, 11) is 1.65. The standard InChI is InChI=1S/C15H27N3O2/c1-7-14(19-6)15(20-10-11(2)3)13(5)8-12(4)9-17-18-16/h7-8,11,13-15H,1,9-10H2,2-6H3/b12-8-/t13-,14+,15-/m0/s1. The topological polar surface area (TPSA) is 67.2 Å². The van der Waals surface area contributed by atoms with Gasteiger partial charge < -0.3 is 9.47 Å². The van der Waals surface area contributed by atoms with Crippen LogP contribution in [0.25, 0.3) is 10.4 Å². The fourth-order valence-corrected chi connectivity index (χ4v) is 1.95. The molecule has 114 valence electrons. The van der Waals surface area contributed by atoms with Gasteiger partial charge in [-0.25, -0.2) is 0 Å². The van der Waals surface area contributed by atoms with Crippen molar-refractivity contribution in [2.75, 3.05) is 20.3 Å². The van der Waals surface area contributed by atoms with E-state index in [1.807, 2.05) is 6.92 Å². The minimum atomic E-state index is -0.160. The van der Waals surface area contributed by atoms with Crippen LogP contribution in [0.3, 0.4) is 0 Å². The average Bonchev–Trinajstić information content (AvgIpc) is 2.40. The molecule has 0 aliphatic carbocycles. The zero-order chi connectivity index (χ0) is 15.5. The van der Waals surface area contributed by atoms with E-state index in [-0.39, 0.29) is 18.1 Å². The molecular formula is C15H27N3O2. The van der Waals surface area contributed by atoms with Crippen LogP contribution in [0.5, 0.6) is 0 Å². The first-order chi connectivity index (χ1) is 9.46. The van der Waals surface area contributed by atoms with E-state index in [1.165, 1.54) is 0 Å². The van der Waals surface area contributed by atoms with Crippen molar-refractivity contribution in [1.82, 2.24) is 0 Å². The van der Waals surface area contributed by atoms with Crippen LogP contribution in [0.2, 0.25) is 0 Å². The van der Waals surface area contributed by atoms with Gasteiger partial charge in [-0.2, -0.15) is 0 Å². The van der Waals surface area contributed by atoms with Gasteiger partial charge in [-0.05, 0) is 18.4 Å². The lowest BCUT2D eigenvalue weighted by Gasteiger charge is -2.29. The van der Waals surface area contributed by atoms with Gasteiger partial charge in [-0.1, -0.05) is 43.6 Å². The van der Waals surface area contributed by atoms with Gasteiger partial charge in [0.2, 0.25) is 0 Å². The molecule has 0 rings (SSSR count).